The highest BCUT2D eigenvalue weighted by molar-refractivity contribution is 7.99. The number of nitriles is 1. The Bertz CT molecular complexity index is 439. The van der Waals surface area contributed by atoms with E-state index in [1.54, 1.807) is 37.4 Å². The maximum Gasteiger partial charge on any atom is 0.322 e. The molecule has 0 saturated heterocycles. The fourth-order valence-electron chi connectivity index (χ4n) is 1.51. The second-order valence-electron chi connectivity index (χ2n) is 3.59. The summed E-state index contributed by atoms with van der Waals surface area (Å²) in [7, 11) is 0. The smallest absolute Gasteiger partial charge is 0.322 e. The molecule has 0 bridgehead atoms. The molecule has 0 fully saturated rings. The summed E-state index contributed by atoms with van der Waals surface area (Å²) in [4.78, 5) is 11.7. The van der Waals surface area contributed by atoms with Gasteiger partial charge in [-0.15, -0.1) is 11.8 Å². The molecule has 1 N–H and O–H groups in total. The van der Waals surface area contributed by atoms with E-state index in [9.17, 15) is 9.90 Å². The van der Waals surface area contributed by atoms with Crippen LogP contribution in [0.4, 0.5) is 0 Å². The molecule has 0 amide bonds. The van der Waals surface area contributed by atoms with Gasteiger partial charge in [0.25, 0.3) is 0 Å². The number of benzene rings is 1. The van der Waals surface area contributed by atoms with Crippen LogP contribution in [0.25, 0.3) is 0 Å². The Labute approximate surface area is 111 Å². The van der Waals surface area contributed by atoms with Gasteiger partial charge in [-0.3, -0.25) is 4.79 Å². The van der Waals surface area contributed by atoms with Crippen LogP contribution in [0.1, 0.15) is 24.2 Å². The lowest BCUT2D eigenvalue weighted by Crippen LogP contribution is -2.27. The quantitative estimate of drug-likeness (QED) is 0.823. The number of aliphatic hydroxyl groups is 1. The summed E-state index contributed by atoms with van der Waals surface area (Å²) in [5, 5.41) is 18.2. The topological polar surface area (TPSA) is 70.3 Å². The summed E-state index contributed by atoms with van der Waals surface area (Å²) in [6.07, 6.45) is 0.806. The van der Waals surface area contributed by atoms with Gasteiger partial charge in [-0.25, -0.2) is 0 Å². The lowest BCUT2D eigenvalue weighted by atomic mass is 10.0. The normalized spacial score (nSPS) is 13.4. The van der Waals surface area contributed by atoms with Crippen molar-refractivity contribution in [1.82, 2.24) is 0 Å². The van der Waals surface area contributed by atoms with Crippen molar-refractivity contribution in [3.8, 4) is 6.07 Å². The highest BCUT2D eigenvalue weighted by Gasteiger charge is 2.28. The number of carbonyl (C=O) groups excluding carboxylic acids is 1. The van der Waals surface area contributed by atoms with Gasteiger partial charge in [0.15, 0.2) is 0 Å². The first kappa shape index (κ1) is 14.6. The third kappa shape index (κ3) is 3.49. The highest BCUT2D eigenvalue weighted by Crippen LogP contribution is 2.26. The number of ether oxygens (including phenoxy) is 1. The molecule has 0 aromatic heterocycles. The molecule has 0 aliphatic heterocycles. The van der Waals surface area contributed by atoms with Gasteiger partial charge in [0.1, 0.15) is 11.4 Å². The van der Waals surface area contributed by atoms with Gasteiger partial charge in [0, 0.05) is 0 Å². The molecule has 0 heterocycles. The van der Waals surface area contributed by atoms with E-state index in [1.165, 1.54) is 11.8 Å². The number of hydrogen-bond acceptors (Lipinski definition) is 5. The zero-order valence-corrected chi connectivity index (χ0v) is 11.1. The van der Waals surface area contributed by atoms with Crippen molar-refractivity contribution in [2.45, 2.75) is 18.3 Å². The van der Waals surface area contributed by atoms with E-state index in [0.29, 0.717) is 11.1 Å². The van der Waals surface area contributed by atoms with Gasteiger partial charge >= 0.3 is 5.97 Å². The second kappa shape index (κ2) is 7.04. The first-order chi connectivity index (χ1) is 8.63. The number of nitrogens with zero attached hydrogens (tertiary/aromatic N) is 1. The van der Waals surface area contributed by atoms with Crippen molar-refractivity contribution >= 4 is 17.7 Å². The minimum absolute atomic E-state index is 0.288. The lowest BCUT2D eigenvalue weighted by Gasteiger charge is -2.19. The largest absolute Gasteiger partial charge is 0.465 e. The molecular formula is C13H15NO3S. The van der Waals surface area contributed by atoms with Crippen LogP contribution in [0, 0.1) is 11.3 Å². The summed E-state index contributed by atoms with van der Waals surface area (Å²) in [5.74, 6) is -0.429. The van der Waals surface area contributed by atoms with E-state index in [4.69, 9.17) is 10.00 Å². The molecule has 5 heteroatoms. The van der Waals surface area contributed by atoms with Crippen LogP contribution < -0.4 is 0 Å². The van der Waals surface area contributed by atoms with Gasteiger partial charge < -0.3 is 9.84 Å². The minimum atomic E-state index is -0.938. The van der Waals surface area contributed by atoms with E-state index in [2.05, 4.69) is 0 Å². The van der Waals surface area contributed by atoms with Crippen LogP contribution in [-0.4, -0.2) is 29.2 Å². The third-order valence-corrected chi connectivity index (χ3v) is 3.40. The van der Waals surface area contributed by atoms with Crippen molar-refractivity contribution in [3.63, 3.8) is 0 Å². The Kier molecular flexibility index (Phi) is 5.69. The van der Waals surface area contributed by atoms with Crippen molar-refractivity contribution in [2.75, 3.05) is 12.9 Å². The molecule has 0 aliphatic rings. The van der Waals surface area contributed by atoms with Crippen molar-refractivity contribution in [2.24, 2.45) is 0 Å². The molecule has 4 nitrogen and oxygen atoms in total. The molecule has 0 radical (unpaired) electrons. The molecule has 1 rings (SSSR count). The van der Waals surface area contributed by atoms with Crippen molar-refractivity contribution < 1.29 is 14.6 Å². The number of carbonyl (C=O) groups is 1. The number of thioether (sulfide) groups is 1. The Hall–Kier alpha value is -1.51. The fourth-order valence-corrected chi connectivity index (χ4v) is 2.18. The van der Waals surface area contributed by atoms with Crippen LogP contribution in [0.3, 0.4) is 0 Å². The number of esters is 1. The van der Waals surface area contributed by atoms with Crippen molar-refractivity contribution in [3.05, 3.63) is 35.4 Å². The summed E-state index contributed by atoms with van der Waals surface area (Å²) >= 11 is 1.24. The maximum atomic E-state index is 11.7. The van der Waals surface area contributed by atoms with Gasteiger partial charge in [0.05, 0.1) is 18.2 Å². The predicted octanol–water partition coefficient (Wildman–Crippen LogP) is 1.89. The van der Waals surface area contributed by atoms with Crippen LogP contribution in [-0.2, 0) is 9.53 Å². The molecule has 0 saturated carbocycles. The Balaban J connectivity index is 2.86. The summed E-state index contributed by atoms with van der Waals surface area (Å²) in [6.45, 7) is 2.01. The van der Waals surface area contributed by atoms with E-state index < -0.39 is 17.3 Å². The van der Waals surface area contributed by atoms with Gasteiger partial charge in [0.2, 0.25) is 0 Å². The Morgan fingerprint density at radius 2 is 2.11 bits per heavy atom. The molecule has 96 valence electrons. The summed E-state index contributed by atoms with van der Waals surface area (Å²) in [6, 6.07) is 8.51. The molecule has 1 aromatic rings. The molecule has 2 atom stereocenters. The number of rotatable bonds is 5. The second-order valence-corrected chi connectivity index (χ2v) is 4.57. The van der Waals surface area contributed by atoms with E-state index in [-0.39, 0.29) is 6.61 Å². The van der Waals surface area contributed by atoms with E-state index >= 15 is 0 Å². The minimum Gasteiger partial charge on any atom is -0.465 e. The van der Waals surface area contributed by atoms with Crippen LogP contribution >= 0.6 is 11.8 Å². The Morgan fingerprint density at radius 3 is 2.56 bits per heavy atom. The average molecular weight is 265 g/mol. The predicted molar refractivity (Wildman–Crippen MR) is 70.1 cm³/mol. The first-order valence-electron chi connectivity index (χ1n) is 5.51. The zero-order valence-electron chi connectivity index (χ0n) is 10.3. The van der Waals surface area contributed by atoms with Gasteiger partial charge in [-0.05, 0) is 30.9 Å². The van der Waals surface area contributed by atoms with E-state index in [0.717, 1.165) is 0 Å². The average Bonchev–Trinajstić information content (AvgIpc) is 2.40. The van der Waals surface area contributed by atoms with Crippen LogP contribution in [0.5, 0.6) is 0 Å². The summed E-state index contributed by atoms with van der Waals surface area (Å²) in [5.41, 5.74) is 1.11. The molecule has 18 heavy (non-hydrogen) atoms. The van der Waals surface area contributed by atoms with Crippen LogP contribution in [0.2, 0.25) is 0 Å². The number of aliphatic hydroxyl groups excluding tert-OH is 1. The fraction of sp³-hybridized carbons (Fsp3) is 0.385. The standard InChI is InChI=1S/C13H15NO3S/c1-3-17-13(16)12(18-2)11(15)10-6-4-9(8-14)5-7-10/h4-7,11-12,15H,3H2,1-2H3/t11-,12+/m1/s1. The molecule has 0 spiro atoms. The third-order valence-electron chi connectivity index (χ3n) is 2.44. The molecular weight excluding hydrogens is 250 g/mol. The maximum absolute atomic E-state index is 11.7. The van der Waals surface area contributed by atoms with Gasteiger partial charge in [-0.1, -0.05) is 12.1 Å². The molecule has 0 unspecified atom stereocenters. The molecule has 0 aliphatic carbocycles. The summed E-state index contributed by atoms with van der Waals surface area (Å²) < 4.78 is 4.91. The first-order valence-corrected chi connectivity index (χ1v) is 6.80. The zero-order chi connectivity index (χ0) is 13.5. The van der Waals surface area contributed by atoms with Gasteiger partial charge in [-0.2, -0.15) is 5.26 Å². The Morgan fingerprint density at radius 1 is 1.50 bits per heavy atom. The lowest BCUT2D eigenvalue weighted by molar-refractivity contribution is -0.144. The number of hydrogen-bond donors (Lipinski definition) is 1. The SMILES string of the molecule is CCOC(=O)[C@@H](SC)[C@H](O)c1ccc(C#N)cc1. The van der Waals surface area contributed by atoms with Crippen LogP contribution in [0.15, 0.2) is 24.3 Å². The van der Waals surface area contributed by atoms with Crippen molar-refractivity contribution in [1.29, 1.82) is 5.26 Å². The highest BCUT2D eigenvalue weighted by atomic mass is 32.2. The monoisotopic (exact) mass is 265 g/mol. The molecule has 1 aromatic carbocycles. The van der Waals surface area contributed by atoms with E-state index in [1.807, 2.05) is 6.07 Å².